The molecule has 0 aromatic heterocycles. The largest absolute Gasteiger partial charge is 0.493 e. The normalized spacial score (nSPS) is 14.0. The summed E-state index contributed by atoms with van der Waals surface area (Å²) in [4.78, 5) is 25.8. The Labute approximate surface area is 203 Å². The van der Waals surface area contributed by atoms with Gasteiger partial charge in [0.2, 0.25) is 11.2 Å². The number of methoxy groups -OCH3 is 4. The van der Waals surface area contributed by atoms with Crippen LogP contribution in [-0.4, -0.2) is 34.5 Å². The van der Waals surface area contributed by atoms with Gasteiger partial charge in [0.15, 0.2) is 17.2 Å². The van der Waals surface area contributed by atoms with Gasteiger partial charge in [-0.2, -0.15) is 0 Å². The van der Waals surface area contributed by atoms with Crippen molar-refractivity contribution in [2.24, 2.45) is 0 Å². The number of anilines is 1. The predicted octanol–water partition coefficient (Wildman–Crippen LogP) is 4.56. The summed E-state index contributed by atoms with van der Waals surface area (Å²) in [6.07, 6.45) is 1.15. The van der Waals surface area contributed by atoms with Gasteiger partial charge >= 0.3 is 6.03 Å². The molecule has 182 valence electrons. The lowest BCUT2D eigenvalue weighted by atomic mass is 9.95. The van der Waals surface area contributed by atoms with Crippen LogP contribution in [0.3, 0.4) is 0 Å². The molecule has 1 unspecified atom stereocenters. The topological polar surface area (TPSA) is 95.1 Å². The van der Waals surface area contributed by atoms with Gasteiger partial charge in [-0.25, -0.2) is 4.79 Å². The summed E-state index contributed by atoms with van der Waals surface area (Å²) >= 11 is 0. The number of fused-ring (bicyclic) bond motifs is 3. The van der Waals surface area contributed by atoms with Gasteiger partial charge in [-0.05, 0) is 59.9 Å². The van der Waals surface area contributed by atoms with Gasteiger partial charge in [-0.3, -0.25) is 4.79 Å². The highest BCUT2D eigenvalue weighted by Gasteiger charge is 2.29. The van der Waals surface area contributed by atoms with Crippen molar-refractivity contribution in [2.75, 3.05) is 33.8 Å². The molecule has 0 aliphatic heterocycles. The van der Waals surface area contributed by atoms with Crippen LogP contribution in [0.25, 0.3) is 11.1 Å². The van der Waals surface area contributed by atoms with Crippen molar-refractivity contribution in [2.45, 2.75) is 18.9 Å². The minimum Gasteiger partial charge on any atom is -0.493 e. The summed E-state index contributed by atoms with van der Waals surface area (Å²) in [5.74, 6) is 1.69. The van der Waals surface area contributed by atoms with E-state index in [2.05, 4.69) is 10.6 Å². The van der Waals surface area contributed by atoms with Crippen LogP contribution in [0.5, 0.6) is 23.0 Å². The molecular formula is C27H28N2O6. The van der Waals surface area contributed by atoms with Gasteiger partial charge in [-0.1, -0.05) is 24.3 Å². The fourth-order valence-electron chi connectivity index (χ4n) is 4.46. The van der Waals surface area contributed by atoms with E-state index < -0.39 is 6.04 Å². The third-order valence-electron chi connectivity index (χ3n) is 6.06. The molecule has 4 rings (SSSR count). The number of rotatable bonds is 6. The molecule has 3 aromatic rings. The Hall–Kier alpha value is -4.20. The van der Waals surface area contributed by atoms with Crippen molar-refractivity contribution in [3.63, 3.8) is 0 Å². The van der Waals surface area contributed by atoms with E-state index in [4.69, 9.17) is 18.9 Å². The van der Waals surface area contributed by atoms with E-state index >= 15 is 0 Å². The second kappa shape index (κ2) is 10.4. The van der Waals surface area contributed by atoms with E-state index in [1.54, 1.807) is 39.5 Å². The molecule has 2 amide bonds. The second-order valence-corrected chi connectivity index (χ2v) is 8.01. The second-order valence-electron chi connectivity index (χ2n) is 8.01. The molecule has 35 heavy (non-hydrogen) atoms. The molecule has 1 aliphatic carbocycles. The molecule has 0 radical (unpaired) electrons. The van der Waals surface area contributed by atoms with E-state index in [0.717, 1.165) is 16.7 Å². The maximum absolute atomic E-state index is 12.9. The molecule has 0 saturated heterocycles. The standard InChI is InChI=1S/C27H28N2O6/c1-32-22-13-11-18-19(15-21(22)30)20(29-27(31)28-17-8-6-5-7-9-17)12-10-16-14-23(33-2)25(34-3)26(35-4)24(16)18/h5-9,11,13-15,20H,10,12H2,1-4H3,(H2,28,29,31). The number of hydrogen-bond donors (Lipinski definition) is 2. The molecule has 0 fully saturated rings. The van der Waals surface area contributed by atoms with Crippen molar-refractivity contribution < 1.29 is 23.7 Å². The summed E-state index contributed by atoms with van der Waals surface area (Å²) in [5.41, 5.74) is 3.51. The lowest BCUT2D eigenvalue weighted by molar-refractivity contribution is 0.248. The number of urea groups is 1. The van der Waals surface area contributed by atoms with Crippen LogP contribution in [0.4, 0.5) is 10.5 Å². The minimum atomic E-state index is -0.451. The molecule has 0 saturated carbocycles. The van der Waals surface area contributed by atoms with E-state index in [1.807, 2.05) is 30.3 Å². The summed E-state index contributed by atoms with van der Waals surface area (Å²) in [6, 6.07) is 15.2. The van der Waals surface area contributed by atoms with Crippen LogP contribution in [0, 0.1) is 0 Å². The highest BCUT2D eigenvalue weighted by Crippen LogP contribution is 2.50. The highest BCUT2D eigenvalue weighted by molar-refractivity contribution is 5.90. The smallest absolute Gasteiger partial charge is 0.319 e. The molecule has 0 spiro atoms. The van der Waals surface area contributed by atoms with E-state index in [9.17, 15) is 9.59 Å². The number of carbonyl (C=O) groups excluding carboxylic acids is 1. The van der Waals surface area contributed by atoms with Crippen LogP contribution in [-0.2, 0) is 6.42 Å². The molecule has 0 bridgehead atoms. The predicted molar refractivity (Wildman–Crippen MR) is 134 cm³/mol. The Morgan fingerprint density at radius 2 is 1.57 bits per heavy atom. The number of carbonyl (C=O) groups is 1. The molecule has 2 N–H and O–H groups in total. The summed E-state index contributed by atoms with van der Waals surface area (Å²) in [5, 5.41) is 5.89. The Bertz CT molecular complexity index is 1290. The lowest BCUT2D eigenvalue weighted by Gasteiger charge is -2.20. The molecule has 8 nitrogen and oxygen atoms in total. The quantitative estimate of drug-likeness (QED) is 0.542. The number of aryl methyl sites for hydroxylation is 1. The first kappa shape index (κ1) is 23.9. The summed E-state index contributed by atoms with van der Waals surface area (Å²) in [6.45, 7) is 0. The van der Waals surface area contributed by atoms with E-state index in [0.29, 0.717) is 41.3 Å². The Balaban J connectivity index is 1.87. The molecule has 1 aliphatic rings. The van der Waals surface area contributed by atoms with Crippen LogP contribution >= 0.6 is 0 Å². The zero-order valence-corrected chi connectivity index (χ0v) is 20.1. The zero-order valence-electron chi connectivity index (χ0n) is 20.1. The third kappa shape index (κ3) is 4.73. The van der Waals surface area contributed by atoms with Gasteiger partial charge in [0.25, 0.3) is 0 Å². The van der Waals surface area contributed by atoms with Crippen LogP contribution in [0.1, 0.15) is 23.6 Å². The van der Waals surface area contributed by atoms with Gasteiger partial charge < -0.3 is 29.6 Å². The molecular weight excluding hydrogens is 448 g/mol. The Morgan fingerprint density at radius 1 is 0.857 bits per heavy atom. The van der Waals surface area contributed by atoms with Crippen LogP contribution < -0.4 is 35.0 Å². The van der Waals surface area contributed by atoms with Gasteiger partial charge in [-0.15, -0.1) is 0 Å². The maximum atomic E-state index is 12.9. The third-order valence-corrected chi connectivity index (χ3v) is 6.06. The molecule has 3 aromatic carbocycles. The SMILES string of the molecule is COc1cc2c(c(OC)c1OC)-c1ccc(OC)c(=O)cc1C(NC(=O)Nc1ccccc1)CC2. The fourth-order valence-corrected chi connectivity index (χ4v) is 4.46. The van der Waals surface area contributed by atoms with Gasteiger partial charge in [0, 0.05) is 11.3 Å². The molecule has 8 heteroatoms. The first-order chi connectivity index (χ1) is 17.0. The summed E-state index contributed by atoms with van der Waals surface area (Å²) < 4.78 is 22.2. The number of nitrogens with one attached hydrogen (secondary N) is 2. The van der Waals surface area contributed by atoms with Crippen LogP contribution in [0.15, 0.2) is 59.4 Å². The van der Waals surface area contributed by atoms with Crippen molar-refractivity contribution in [1.29, 1.82) is 0 Å². The first-order valence-corrected chi connectivity index (χ1v) is 11.2. The van der Waals surface area contributed by atoms with Crippen molar-refractivity contribution >= 4 is 11.7 Å². The highest BCUT2D eigenvalue weighted by atomic mass is 16.5. The first-order valence-electron chi connectivity index (χ1n) is 11.2. The van der Waals surface area contributed by atoms with Gasteiger partial charge in [0.05, 0.1) is 34.5 Å². The Morgan fingerprint density at radius 3 is 2.23 bits per heavy atom. The Kier molecular flexibility index (Phi) is 7.10. The number of amides is 2. The van der Waals surface area contributed by atoms with Crippen molar-refractivity contribution in [1.82, 2.24) is 5.32 Å². The number of hydrogen-bond acceptors (Lipinski definition) is 6. The van der Waals surface area contributed by atoms with Crippen LogP contribution in [0.2, 0.25) is 0 Å². The monoisotopic (exact) mass is 476 g/mol. The number of para-hydroxylation sites is 1. The number of ether oxygens (including phenoxy) is 4. The van der Waals surface area contributed by atoms with Crippen molar-refractivity contribution in [3.8, 4) is 34.1 Å². The van der Waals surface area contributed by atoms with Gasteiger partial charge in [0.1, 0.15) is 0 Å². The molecule has 0 heterocycles. The maximum Gasteiger partial charge on any atom is 0.319 e. The average Bonchev–Trinajstić information content (AvgIpc) is 3.11. The van der Waals surface area contributed by atoms with E-state index in [-0.39, 0.29) is 17.2 Å². The minimum absolute atomic E-state index is 0.201. The lowest BCUT2D eigenvalue weighted by Crippen LogP contribution is -2.33. The number of benzene rings is 2. The zero-order chi connectivity index (χ0) is 24.9. The molecule has 1 atom stereocenters. The van der Waals surface area contributed by atoms with E-state index in [1.165, 1.54) is 13.2 Å². The summed E-state index contributed by atoms with van der Waals surface area (Å²) in [7, 11) is 6.13. The fraction of sp³-hybridized carbons (Fsp3) is 0.259. The average molecular weight is 477 g/mol. The van der Waals surface area contributed by atoms with Crippen molar-refractivity contribution in [3.05, 3.63) is 75.9 Å².